The van der Waals surface area contributed by atoms with Crippen LogP contribution in [0.25, 0.3) is 0 Å². The van der Waals surface area contributed by atoms with Crippen molar-refractivity contribution in [3.05, 3.63) is 29.8 Å². The van der Waals surface area contributed by atoms with E-state index in [0.29, 0.717) is 0 Å². The van der Waals surface area contributed by atoms with E-state index >= 15 is 0 Å². The number of likely N-dealkylation sites (N-methyl/N-ethyl adjacent to an activating group) is 1. The van der Waals surface area contributed by atoms with E-state index in [9.17, 15) is 0 Å². The molecule has 1 N–H and O–H groups in total. The van der Waals surface area contributed by atoms with Crippen LogP contribution in [-0.4, -0.2) is 37.7 Å². The Labute approximate surface area is 118 Å². The van der Waals surface area contributed by atoms with Gasteiger partial charge in [0.15, 0.2) is 0 Å². The highest BCUT2D eigenvalue weighted by Gasteiger charge is 2.00. The van der Waals surface area contributed by atoms with Crippen molar-refractivity contribution in [3.63, 3.8) is 0 Å². The maximum absolute atomic E-state index is 5.82. The molecule has 0 amide bonds. The summed E-state index contributed by atoms with van der Waals surface area (Å²) in [5, 5.41) is 3.41. The molecule has 0 aliphatic rings. The lowest BCUT2D eigenvalue weighted by molar-refractivity contribution is 0.222. The highest BCUT2D eigenvalue weighted by atomic mass is 16.5. The summed E-state index contributed by atoms with van der Waals surface area (Å²) in [5.41, 5.74) is 1.29. The highest BCUT2D eigenvalue weighted by Crippen LogP contribution is 2.13. The Morgan fingerprint density at radius 2 is 1.95 bits per heavy atom. The Bertz CT molecular complexity index is 337. The number of hydrogen-bond donors (Lipinski definition) is 1. The highest BCUT2D eigenvalue weighted by molar-refractivity contribution is 5.28. The first kappa shape index (κ1) is 16.0. The van der Waals surface area contributed by atoms with E-state index in [1.54, 1.807) is 0 Å². The molecule has 0 unspecified atom stereocenters. The van der Waals surface area contributed by atoms with E-state index in [1.165, 1.54) is 12.0 Å². The second-order valence-corrected chi connectivity index (χ2v) is 4.70. The summed E-state index contributed by atoms with van der Waals surface area (Å²) in [6, 6.07) is 8.37. The van der Waals surface area contributed by atoms with Gasteiger partial charge in [0, 0.05) is 13.1 Å². The van der Waals surface area contributed by atoms with Crippen LogP contribution in [-0.2, 0) is 6.54 Å². The van der Waals surface area contributed by atoms with E-state index in [0.717, 1.165) is 45.1 Å². The normalized spacial score (nSPS) is 10.9. The van der Waals surface area contributed by atoms with Gasteiger partial charge in [-0.3, -0.25) is 0 Å². The topological polar surface area (TPSA) is 24.5 Å². The predicted octanol–water partition coefficient (Wildman–Crippen LogP) is 2.91. The SMILES string of the molecule is CCCNCc1cccc(OCCN(CC)CC)c1. The van der Waals surface area contributed by atoms with Gasteiger partial charge < -0.3 is 15.0 Å². The zero-order valence-electron chi connectivity index (χ0n) is 12.6. The molecule has 0 spiro atoms. The third-order valence-electron chi connectivity index (χ3n) is 3.23. The summed E-state index contributed by atoms with van der Waals surface area (Å²) in [6.45, 7) is 12.4. The average molecular weight is 264 g/mol. The molecule has 3 heteroatoms. The third kappa shape index (κ3) is 6.60. The lowest BCUT2D eigenvalue weighted by atomic mass is 10.2. The zero-order chi connectivity index (χ0) is 13.9. The lowest BCUT2D eigenvalue weighted by Crippen LogP contribution is -2.27. The summed E-state index contributed by atoms with van der Waals surface area (Å²) in [7, 11) is 0. The van der Waals surface area contributed by atoms with Gasteiger partial charge in [-0.05, 0) is 43.8 Å². The summed E-state index contributed by atoms with van der Waals surface area (Å²) in [4.78, 5) is 2.37. The standard InChI is InChI=1S/C16H28N2O/c1-4-10-17-14-15-8-7-9-16(13-15)19-12-11-18(5-2)6-3/h7-9,13,17H,4-6,10-12,14H2,1-3H3. The van der Waals surface area contributed by atoms with E-state index in [1.807, 2.05) is 6.07 Å². The number of rotatable bonds is 10. The van der Waals surface area contributed by atoms with E-state index < -0.39 is 0 Å². The van der Waals surface area contributed by atoms with Crippen molar-refractivity contribution in [2.45, 2.75) is 33.7 Å². The van der Waals surface area contributed by atoms with Crippen LogP contribution in [0.1, 0.15) is 32.8 Å². The van der Waals surface area contributed by atoms with Crippen molar-refractivity contribution in [2.75, 3.05) is 32.8 Å². The fourth-order valence-electron chi connectivity index (χ4n) is 1.99. The summed E-state index contributed by atoms with van der Waals surface area (Å²) in [6.07, 6.45) is 1.17. The number of nitrogens with zero attached hydrogens (tertiary/aromatic N) is 1. The van der Waals surface area contributed by atoms with Crippen molar-refractivity contribution < 1.29 is 4.74 Å². The molecule has 0 aromatic heterocycles. The molecule has 0 aliphatic carbocycles. The Kier molecular flexibility index (Phi) is 8.26. The minimum absolute atomic E-state index is 0.757. The minimum Gasteiger partial charge on any atom is -0.492 e. The van der Waals surface area contributed by atoms with Crippen molar-refractivity contribution >= 4 is 0 Å². The predicted molar refractivity (Wildman–Crippen MR) is 81.7 cm³/mol. The Hall–Kier alpha value is -1.06. The van der Waals surface area contributed by atoms with Gasteiger partial charge in [0.2, 0.25) is 0 Å². The first-order chi connectivity index (χ1) is 9.30. The van der Waals surface area contributed by atoms with Crippen LogP contribution >= 0.6 is 0 Å². The first-order valence-corrected chi connectivity index (χ1v) is 7.44. The number of ether oxygens (including phenoxy) is 1. The smallest absolute Gasteiger partial charge is 0.119 e. The fraction of sp³-hybridized carbons (Fsp3) is 0.625. The van der Waals surface area contributed by atoms with Crippen LogP contribution in [0.3, 0.4) is 0 Å². The first-order valence-electron chi connectivity index (χ1n) is 7.44. The molecule has 108 valence electrons. The van der Waals surface area contributed by atoms with Crippen LogP contribution in [0.2, 0.25) is 0 Å². The molecule has 1 aromatic rings. The van der Waals surface area contributed by atoms with Crippen molar-refractivity contribution in [2.24, 2.45) is 0 Å². The summed E-state index contributed by atoms with van der Waals surface area (Å²) < 4.78 is 5.82. The number of nitrogens with one attached hydrogen (secondary N) is 1. The Balaban J connectivity index is 2.35. The van der Waals surface area contributed by atoms with Crippen LogP contribution in [0, 0.1) is 0 Å². The molecule has 1 aromatic carbocycles. The second kappa shape index (κ2) is 9.82. The van der Waals surface area contributed by atoms with Crippen LogP contribution in [0.15, 0.2) is 24.3 Å². The van der Waals surface area contributed by atoms with Gasteiger partial charge in [-0.1, -0.05) is 32.9 Å². The van der Waals surface area contributed by atoms with Gasteiger partial charge in [-0.15, -0.1) is 0 Å². The van der Waals surface area contributed by atoms with Crippen molar-refractivity contribution in [1.82, 2.24) is 10.2 Å². The molecule has 0 saturated carbocycles. The van der Waals surface area contributed by atoms with Gasteiger partial charge in [0.1, 0.15) is 12.4 Å². The third-order valence-corrected chi connectivity index (χ3v) is 3.23. The molecule has 19 heavy (non-hydrogen) atoms. The average Bonchev–Trinajstić information content (AvgIpc) is 2.44. The molecule has 1 rings (SSSR count). The molecule has 0 bridgehead atoms. The maximum Gasteiger partial charge on any atom is 0.119 e. The quantitative estimate of drug-likeness (QED) is 0.658. The zero-order valence-corrected chi connectivity index (χ0v) is 12.6. The van der Waals surface area contributed by atoms with E-state index in [4.69, 9.17) is 4.74 Å². The molecule has 0 heterocycles. The number of benzene rings is 1. The van der Waals surface area contributed by atoms with Crippen molar-refractivity contribution in [1.29, 1.82) is 0 Å². The van der Waals surface area contributed by atoms with E-state index in [2.05, 4.69) is 49.2 Å². The van der Waals surface area contributed by atoms with Crippen molar-refractivity contribution in [3.8, 4) is 5.75 Å². The molecule has 3 nitrogen and oxygen atoms in total. The number of hydrogen-bond acceptors (Lipinski definition) is 3. The van der Waals surface area contributed by atoms with Gasteiger partial charge in [-0.25, -0.2) is 0 Å². The summed E-state index contributed by atoms with van der Waals surface area (Å²) in [5.74, 6) is 0.975. The van der Waals surface area contributed by atoms with E-state index in [-0.39, 0.29) is 0 Å². The minimum atomic E-state index is 0.757. The molecule has 0 atom stereocenters. The molecular formula is C16H28N2O. The van der Waals surface area contributed by atoms with Crippen LogP contribution in [0.5, 0.6) is 5.75 Å². The fourth-order valence-corrected chi connectivity index (χ4v) is 1.99. The van der Waals surface area contributed by atoms with Gasteiger partial charge in [-0.2, -0.15) is 0 Å². The van der Waals surface area contributed by atoms with Gasteiger partial charge in [0.25, 0.3) is 0 Å². The summed E-state index contributed by atoms with van der Waals surface area (Å²) >= 11 is 0. The van der Waals surface area contributed by atoms with Crippen LogP contribution < -0.4 is 10.1 Å². The van der Waals surface area contributed by atoms with Gasteiger partial charge >= 0.3 is 0 Å². The molecule has 0 saturated heterocycles. The largest absolute Gasteiger partial charge is 0.492 e. The molecule has 0 aliphatic heterocycles. The van der Waals surface area contributed by atoms with Gasteiger partial charge in [0.05, 0.1) is 0 Å². The lowest BCUT2D eigenvalue weighted by Gasteiger charge is -2.18. The maximum atomic E-state index is 5.82. The molecule has 0 radical (unpaired) electrons. The second-order valence-electron chi connectivity index (χ2n) is 4.70. The Morgan fingerprint density at radius 3 is 2.63 bits per heavy atom. The Morgan fingerprint density at radius 1 is 1.16 bits per heavy atom. The monoisotopic (exact) mass is 264 g/mol. The molecule has 0 fully saturated rings. The van der Waals surface area contributed by atoms with Crippen LogP contribution in [0.4, 0.5) is 0 Å². The molecular weight excluding hydrogens is 236 g/mol.